The van der Waals surface area contributed by atoms with Crippen LogP contribution in [0.4, 0.5) is 5.95 Å². The number of aromatic nitrogens is 3. The van der Waals surface area contributed by atoms with Gasteiger partial charge in [0.25, 0.3) is 0 Å². The fourth-order valence-corrected chi connectivity index (χ4v) is 3.20. The quantitative estimate of drug-likeness (QED) is 0.515. The Kier molecular flexibility index (Phi) is 4.31. The van der Waals surface area contributed by atoms with E-state index in [0.717, 1.165) is 10.9 Å². The van der Waals surface area contributed by atoms with E-state index in [1.807, 2.05) is 31.3 Å². The first kappa shape index (κ1) is 17.7. The van der Waals surface area contributed by atoms with Gasteiger partial charge in [0, 0.05) is 30.6 Å². The molecule has 0 spiro atoms. The minimum Gasteiger partial charge on any atom is -0.494 e. The minimum atomic E-state index is -0.330. The normalized spacial score (nSPS) is 11.2. The van der Waals surface area contributed by atoms with Crippen LogP contribution >= 0.6 is 0 Å². The zero-order valence-electron chi connectivity index (χ0n) is 15.5. The molecule has 0 fully saturated rings. The highest BCUT2D eigenvalue weighted by atomic mass is 16.5. The van der Waals surface area contributed by atoms with Crippen LogP contribution in [0, 0.1) is 0 Å². The maximum absolute atomic E-state index is 11.3. The summed E-state index contributed by atoms with van der Waals surface area (Å²) >= 11 is 0. The van der Waals surface area contributed by atoms with Gasteiger partial charge in [0.2, 0.25) is 5.95 Å². The number of imidazole rings is 1. The highest BCUT2D eigenvalue weighted by molar-refractivity contribution is 5.89. The molecule has 144 valence electrons. The number of para-hydroxylation sites is 1. The number of nitrogens with zero attached hydrogens (tertiary/aromatic N) is 3. The van der Waals surface area contributed by atoms with Gasteiger partial charge in [-0.15, -0.1) is 0 Å². The van der Waals surface area contributed by atoms with Crippen molar-refractivity contribution in [2.75, 3.05) is 12.8 Å². The molecule has 4 rings (SSSR count). The molecule has 4 aromatic rings. The predicted octanol–water partition coefficient (Wildman–Crippen LogP) is 3.17. The maximum atomic E-state index is 11.3. The first-order valence-corrected chi connectivity index (χ1v) is 8.75. The summed E-state index contributed by atoms with van der Waals surface area (Å²) in [5, 5.41) is 11.9. The second-order valence-electron chi connectivity index (χ2n) is 6.48. The highest BCUT2D eigenvalue weighted by Gasteiger charge is 2.13. The number of hydrogen-bond acceptors (Lipinski definition) is 6. The summed E-state index contributed by atoms with van der Waals surface area (Å²) in [6.07, 6.45) is 1.96. The third-order valence-electron chi connectivity index (χ3n) is 4.75. The van der Waals surface area contributed by atoms with E-state index in [1.54, 1.807) is 27.5 Å². The van der Waals surface area contributed by atoms with Gasteiger partial charge in [0.05, 0.1) is 19.0 Å². The molecular formula is C20H20N4O4. The van der Waals surface area contributed by atoms with E-state index in [9.17, 15) is 9.90 Å². The average Bonchev–Trinajstić information content (AvgIpc) is 3.17. The Hall–Kier alpha value is -3.68. The molecule has 0 bridgehead atoms. The van der Waals surface area contributed by atoms with E-state index < -0.39 is 0 Å². The number of fused-ring (bicyclic) bond motifs is 2. The summed E-state index contributed by atoms with van der Waals surface area (Å²) in [5.74, 6) is 1.39. The van der Waals surface area contributed by atoms with Gasteiger partial charge < -0.3 is 29.4 Å². The molecule has 28 heavy (non-hydrogen) atoms. The lowest BCUT2D eigenvalue weighted by Crippen LogP contribution is -2.05. The molecule has 0 radical (unpaired) electrons. The molecule has 0 aliphatic heterocycles. The van der Waals surface area contributed by atoms with Crippen molar-refractivity contribution in [3.8, 4) is 17.4 Å². The van der Waals surface area contributed by atoms with Crippen molar-refractivity contribution in [3.63, 3.8) is 0 Å². The summed E-state index contributed by atoms with van der Waals surface area (Å²) < 4.78 is 14.1. The predicted molar refractivity (Wildman–Crippen MR) is 105 cm³/mol. The molecule has 0 unspecified atom stereocenters. The number of carbonyl (C=O) groups is 1. The molecule has 8 nitrogen and oxygen atoms in total. The van der Waals surface area contributed by atoms with E-state index in [-0.39, 0.29) is 18.3 Å². The van der Waals surface area contributed by atoms with E-state index in [1.165, 1.54) is 7.11 Å². The van der Waals surface area contributed by atoms with Crippen LogP contribution in [0.25, 0.3) is 21.8 Å². The third-order valence-corrected chi connectivity index (χ3v) is 4.75. The Labute approximate surface area is 160 Å². The van der Waals surface area contributed by atoms with Crippen molar-refractivity contribution in [2.45, 2.75) is 13.0 Å². The number of carbonyl (C=O) groups excluding carboxylic acids is 1. The topological polar surface area (TPSA) is 105 Å². The van der Waals surface area contributed by atoms with Crippen molar-refractivity contribution in [3.05, 3.63) is 42.6 Å². The van der Waals surface area contributed by atoms with Gasteiger partial charge in [-0.1, -0.05) is 6.07 Å². The Morgan fingerprint density at radius 1 is 1.29 bits per heavy atom. The van der Waals surface area contributed by atoms with Gasteiger partial charge in [-0.05, 0) is 30.3 Å². The van der Waals surface area contributed by atoms with Gasteiger partial charge in [-0.25, -0.2) is 4.98 Å². The third kappa shape index (κ3) is 2.98. The van der Waals surface area contributed by atoms with Gasteiger partial charge in [-0.3, -0.25) is 4.79 Å². The average molecular weight is 380 g/mol. The molecule has 2 heterocycles. The van der Waals surface area contributed by atoms with Gasteiger partial charge in [0.15, 0.2) is 11.6 Å². The zero-order chi connectivity index (χ0) is 19.8. The van der Waals surface area contributed by atoms with Crippen molar-refractivity contribution in [2.24, 2.45) is 7.05 Å². The second-order valence-corrected chi connectivity index (χ2v) is 6.48. The molecule has 2 aromatic carbocycles. The second kappa shape index (κ2) is 6.80. The molecule has 0 saturated carbocycles. The number of ether oxygens (including phenoxy) is 2. The SMILES string of the molecule is COC(=O)CCn1cc2cc(Oc3cccc4c3nc(N)n4C)ccc2c1O. The van der Waals surface area contributed by atoms with Crippen molar-refractivity contribution < 1.29 is 19.4 Å². The number of nitrogens with two attached hydrogens (primary N) is 1. The fourth-order valence-electron chi connectivity index (χ4n) is 3.20. The number of methoxy groups -OCH3 is 1. The lowest BCUT2D eigenvalue weighted by molar-refractivity contribution is -0.140. The van der Waals surface area contributed by atoms with Gasteiger partial charge >= 0.3 is 5.97 Å². The van der Waals surface area contributed by atoms with Crippen LogP contribution in [-0.4, -0.2) is 32.3 Å². The van der Waals surface area contributed by atoms with Crippen molar-refractivity contribution >= 4 is 33.7 Å². The zero-order valence-corrected chi connectivity index (χ0v) is 15.5. The number of benzene rings is 2. The maximum Gasteiger partial charge on any atom is 0.307 e. The van der Waals surface area contributed by atoms with Gasteiger partial charge in [-0.2, -0.15) is 0 Å². The lowest BCUT2D eigenvalue weighted by atomic mass is 10.2. The molecule has 0 aliphatic rings. The Morgan fingerprint density at radius 2 is 2.11 bits per heavy atom. The van der Waals surface area contributed by atoms with Crippen LogP contribution in [0.2, 0.25) is 0 Å². The van der Waals surface area contributed by atoms with E-state index >= 15 is 0 Å². The molecule has 3 N–H and O–H groups in total. The Morgan fingerprint density at radius 3 is 2.89 bits per heavy atom. The van der Waals surface area contributed by atoms with Crippen LogP contribution in [0.3, 0.4) is 0 Å². The fraction of sp³-hybridized carbons (Fsp3) is 0.200. The highest BCUT2D eigenvalue weighted by Crippen LogP contribution is 2.34. The van der Waals surface area contributed by atoms with E-state index in [4.69, 9.17) is 10.5 Å². The summed E-state index contributed by atoms with van der Waals surface area (Å²) in [4.78, 5) is 15.7. The molecule has 0 atom stereocenters. The van der Waals surface area contributed by atoms with E-state index in [2.05, 4.69) is 9.72 Å². The van der Waals surface area contributed by atoms with Crippen molar-refractivity contribution in [1.29, 1.82) is 0 Å². The van der Waals surface area contributed by atoms with E-state index in [0.29, 0.717) is 34.9 Å². The van der Waals surface area contributed by atoms with Gasteiger partial charge in [0.1, 0.15) is 11.3 Å². The minimum absolute atomic E-state index is 0.102. The molecule has 0 amide bonds. The van der Waals surface area contributed by atoms with Crippen LogP contribution in [0.15, 0.2) is 42.6 Å². The smallest absolute Gasteiger partial charge is 0.307 e. The number of aryl methyl sites for hydroxylation is 2. The summed E-state index contributed by atoms with van der Waals surface area (Å²) in [6, 6.07) is 11.0. The Balaban J connectivity index is 1.65. The standard InChI is InChI=1S/C20H20N4O4/c1-23-15-4-3-5-16(18(15)22-20(23)21)28-13-6-7-14-12(10-13)11-24(19(14)26)9-8-17(25)27-2/h3-7,10-11,26H,8-9H2,1-2H3,(H2,21,22). The molecule has 0 aliphatic carbocycles. The number of rotatable bonds is 5. The van der Waals surface area contributed by atoms with Crippen molar-refractivity contribution in [1.82, 2.24) is 14.1 Å². The number of anilines is 1. The van der Waals surface area contributed by atoms with Crippen LogP contribution in [0.1, 0.15) is 6.42 Å². The first-order valence-electron chi connectivity index (χ1n) is 8.75. The summed E-state index contributed by atoms with van der Waals surface area (Å²) in [7, 11) is 3.19. The number of hydrogen-bond donors (Lipinski definition) is 2. The number of nitrogen functional groups attached to an aromatic ring is 1. The molecular weight excluding hydrogens is 360 g/mol. The molecule has 8 heteroatoms. The van der Waals surface area contributed by atoms with Crippen LogP contribution in [-0.2, 0) is 23.1 Å². The summed E-state index contributed by atoms with van der Waals surface area (Å²) in [6.45, 7) is 0.329. The Bertz CT molecular complexity index is 1190. The monoisotopic (exact) mass is 380 g/mol. The molecule has 2 aromatic heterocycles. The number of aromatic hydroxyl groups is 1. The van der Waals surface area contributed by atoms with Crippen LogP contribution in [0.5, 0.6) is 17.4 Å². The summed E-state index contributed by atoms with van der Waals surface area (Å²) in [5.41, 5.74) is 7.46. The first-order chi connectivity index (χ1) is 13.5. The number of esters is 1. The lowest BCUT2D eigenvalue weighted by Gasteiger charge is -2.06. The van der Waals surface area contributed by atoms with Crippen LogP contribution < -0.4 is 10.5 Å². The molecule has 0 saturated heterocycles. The largest absolute Gasteiger partial charge is 0.494 e.